The van der Waals surface area contributed by atoms with Crippen LogP contribution in [0.2, 0.25) is 0 Å². The summed E-state index contributed by atoms with van der Waals surface area (Å²) in [5.41, 5.74) is -0.223. The van der Waals surface area contributed by atoms with Crippen molar-refractivity contribution >= 4 is 39.4 Å². The fourth-order valence-electron chi connectivity index (χ4n) is 3.55. The van der Waals surface area contributed by atoms with E-state index in [1.165, 1.54) is 17.0 Å². The molecule has 1 fully saturated rings. The van der Waals surface area contributed by atoms with Gasteiger partial charge in [0.25, 0.3) is 17.5 Å². The Morgan fingerprint density at radius 3 is 2.28 bits per heavy atom. The van der Waals surface area contributed by atoms with Gasteiger partial charge in [0.05, 0.1) is 22.9 Å². The molecule has 2 aliphatic heterocycles. The summed E-state index contributed by atoms with van der Waals surface area (Å²) in [4.78, 5) is 63.8. The van der Waals surface area contributed by atoms with Crippen LogP contribution in [0.15, 0.2) is 29.2 Å². The molecule has 1 aromatic carbocycles. The topological polar surface area (TPSA) is 165 Å². The van der Waals surface area contributed by atoms with Gasteiger partial charge >= 0.3 is 5.97 Å². The van der Waals surface area contributed by atoms with Crippen LogP contribution in [0.1, 0.15) is 38.5 Å². The standard InChI is InChI=1S/C22H24N4O9S/c27-19(5-3-6-22(30)35-25-20(28)11-12-21(25)29)23-13-1-2-15-24(16-4-14-23)36(33,34)18-9-7-17(8-10-18)26(31)32/h7-10H,3-6,11-16H2. The van der Waals surface area contributed by atoms with Gasteiger partial charge in [-0.25, -0.2) is 13.2 Å². The molecule has 1 aromatic rings. The molecule has 3 rings (SSSR count). The van der Waals surface area contributed by atoms with Gasteiger partial charge in [-0.3, -0.25) is 24.5 Å². The van der Waals surface area contributed by atoms with E-state index in [-0.39, 0.29) is 74.8 Å². The van der Waals surface area contributed by atoms with E-state index in [9.17, 15) is 37.7 Å². The highest BCUT2D eigenvalue weighted by Crippen LogP contribution is 2.20. The molecular weight excluding hydrogens is 496 g/mol. The second-order valence-corrected chi connectivity index (χ2v) is 9.95. The van der Waals surface area contributed by atoms with E-state index in [4.69, 9.17) is 4.84 Å². The zero-order valence-corrected chi connectivity index (χ0v) is 20.1. The minimum Gasteiger partial charge on any atom is -0.332 e. The summed E-state index contributed by atoms with van der Waals surface area (Å²) >= 11 is 0. The van der Waals surface area contributed by atoms with Crippen LogP contribution in [-0.2, 0) is 34.0 Å². The lowest BCUT2D eigenvalue weighted by Crippen LogP contribution is -2.36. The van der Waals surface area contributed by atoms with Crippen LogP contribution in [-0.4, -0.2) is 77.5 Å². The SMILES string of the molecule is O=C(CCCC(=O)N1CC#CCN(S(=O)(=O)c2ccc([N+](=O)[O-])cc2)CCC1)ON1C(=O)CCC1=O. The minimum absolute atomic E-state index is 0.00345. The molecule has 36 heavy (non-hydrogen) atoms. The molecule has 0 atom stereocenters. The minimum atomic E-state index is -3.94. The number of nitro benzene ring substituents is 1. The van der Waals surface area contributed by atoms with E-state index >= 15 is 0 Å². The molecule has 0 aromatic heterocycles. The van der Waals surface area contributed by atoms with Crippen LogP contribution in [0.5, 0.6) is 0 Å². The monoisotopic (exact) mass is 520 g/mol. The summed E-state index contributed by atoms with van der Waals surface area (Å²) in [6.07, 6.45) is 0.286. The van der Waals surface area contributed by atoms with Gasteiger partial charge in [-0.15, -0.1) is 5.06 Å². The van der Waals surface area contributed by atoms with Gasteiger partial charge in [0.15, 0.2) is 0 Å². The van der Waals surface area contributed by atoms with Crippen molar-refractivity contribution in [3.05, 3.63) is 34.4 Å². The number of carbonyl (C=O) groups excluding carboxylic acids is 4. The number of hydrogen-bond donors (Lipinski definition) is 0. The van der Waals surface area contributed by atoms with Crippen molar-refractivity contribution in [2.45, 2.75) is 43.4 Å². The van der Waals surface area contributed by atoms with Gasteiger partial charge in [0.2, 0.25) is 15.9 Å². The first-order valence-electron chi connectivity index (χ1n) is 11.1. The van der Waals surface area contributed by atoms with E-state index in [0.717, 1.165) is 16.4 Å². The van der Waals surface area contributed by atoms with Gasteiger partial charge in [-0.2, -0.15) is 4.31 Å². The molecule has 1 saturated heterocycles. The van der Waals surface area contributed by atoms with Crippen LogP contribution in [0.4, 0.5) is 5.69 Å². The molecule has 0 aliphatic carbocycles. The number of imide groups is 1. The largest absolute Gasteiger partial charge is 0.333 e. The maximum atomic E-state index is 12.9. The number of non-ortho nitro benzene ring substituents is 1. The average Bonchev–Trinajstić information content (AvgIpc) is 3.22. The lowest BCUT2D eigenvalue weighted by Gasteiger charge is -2.22. The van der Waals surface area contributed by atoms with Crippen molar-refractivity contribution in [2.75, 3.05) is 26.2 Å². The third kappa shape index (κ3) is 6.64. The molecule has 0 spiro atoms. The molecule has 0 radical (unpaired) electrons. The maximum Gasteiger partial charge on any atom is 0.333 e. The number of amides is 3. The Hall–Kier alpha value is -3.83. The molecule has 13 nitrogen and oxygen atoms in total. The molecule has 192 valence electrons. The number of sulfonamides is 1. The summed E-state index contributed by atoms with van der Waals surface area (Å²) in [6.45, 7) is 0.315. The Kier molecular flexibility index (Phi) is 8.73. The number of rotatable bonds is 8. The zero-order valence-electron chi connectivity index (χ0n) is 19.3. The van der Waals surface area contributed by atoms with Crippen LogP contribution >= 0.6 is 0 Å². The van der Waals surface area contributed by atoms with Crippen molar-refractivity contribution in [3.8, 4) is 11.8 Å². The number of hydrogen-bond acceptors (Lipinski definition) is 9. The second kappa shape index (κ2) is 11.7. The van der Waals surface area contributed by atoms with Gasteiger partial charge in [-0.05, 0) is 25.0 Å². The summed E-state index contributed by atoms with van der Waals surface area (Å²) in [5.74, 6) is 3.29. The van der Waals surface area contributed by atoms with E-state index < -0.39 is 32.7 Å². The lowest BCUT2D eigenvalue weighted by molar-refractivity contribution is -0.384. The Balaban J connectivity index is 1.50. The smallest absolute Gasteiger partial charge is 0.332 e. The molecular formula is C22H24N4O9S. The third-order valence-corrected chi connectivity index (χ3v) is 7.35. The average molecular weight is 521 g/mol. The fourth-order valence-corrected chi connectivity index (χ4v) is 4.93. The Bertz CT molecular complexity index is 1200. The molecule has 14 heteroatoms. The fraction of sp³-hybridized carbons (Fsp3) is 0.455. The molecule has 3 amide bonds. The maximum absolute atomic E-state index is 12.9. The third-order valence-electron chi connectivity index (χ3n) is 5.49. The van der Waals surface area contributed by atoms with Crippen molar-refractivity contribution in [3.63, 3.8) is 0 Å². The predicted molar refractivity (Wildman–Crippen MR) is 122 cm³/mol. The number of nitro groups is 1. The molecule has 2 heterocycles. The molecule has 2 aliphatic rings. The number of benzene rings is 1. The number of carbonyl (C=O) groups is 4. The Morgan fingerprint density at radius 1 is 1.00 bits per heavy atom. The summed E-state index contributed by atoms with van der Waals surface area (Å²) < 4.78 is 27.1. The number of hydroxylamine groups is 2. The first kappa shape index (κ1) is 26.8. The molecule has 0 unspecified atom stereocenters. The highest BCUT2D eigenvalue weighted by molar-refractivity contribution is 7.89. The van der Waals surface area contributed by atoms with Gasteiger partial charge < -0.3 is 9.74 Å². The summed E-state index contributed by atoms with van der Waals surface area (Å²) in [7, 11) is -3.94. The van der Waals surface area contributed by atoms with Crippen molar-refractivity contribution in [1.29, 1.82) is 0 Å². The van der Waals surface area contributed by atoms with E-state index in [2.05, 4.69) is 11.8 Å². The first-order valence-corrected chi connectivity index (χ1v) is 12.6. The number of nitrogens with zero attached hydrogens (tertiary/aromatic N) is 4. The van der Waals surface area contributed by atoms with Crippen molar-refractivity contribution in [2.24, 2.45) is 0 Å². The van der Waals surface area contributed by atoms with Crippen LogP contribution in [0.25, 0.3) is 0 Å². The first-order chi connectivity index (χ1) is 17.1. The Morgan fingerprint density at radius 2 is 1.64 bits per heavy atom. The zero-order chi connectivity index (χ0) is 26.3. The second-order valence-electron chi connectivity index (χ2n) is 8.01. The quantitative estimate of drug-likeness (QED) is 0.206. The Labute approximate surface area is 207 Å². The van der Waals surface area contributed by atoms with Gasteiger partial charge in [0.1, 0.15) is 0 Å². The summed E-state index contributed by atoms with van der Waals surface area (Å²) in [5, 5.41) is 11.3. The lowest BCUT2D eigenvalue weighted by atomic mass is 10.2. The van der Waals surface area contributed by atoms with Crippen LogP contribution in [0.3, 0.4) is 0 Å². The van der Waals surface area contributed by atoms with Crippen LogP contribution in [0, 0.1) is 22.0 Å². The summed E-state index contributed by atoms with van der Waals surface area (Å²) in [6, 6.07) is 4.57. The van der Waals surface area contributed by atoms with Crippen LogP contribution < -0.4 is 0 Å². The molecule has 0 bridgehead atoms. The highest BCUT2D eigenvalue weighted by Gasteiger charge is 2.32. The molecule has 0 N–H and O–H groups in total. The van der Waals surface area contributed by atoms with E-state index in [1.807, 2.05) is 0 Å². The predicted octanol–water partition coefficient (Wildman–Crippen LogP) is 0.599. The van der Waals surface area contributed by atoms with Gasteiger partial charge in [-0.1, -0.05) is 11.8 Å². The highest BCUT2D eigenvalue weighted by atomic mass is 32.2. The van der Waals surface area contributed by atoms with Crippen molar-refractivity contribution < 1.29 is 37.4 Å². The molecule has 0 saturated carbocycles. The van der Waals surface area contributed by atoms with E-state index in [1.54, 1.807) is 0 Å². The van der Waals surface area contributed by atoms with Gasteiger partial charge in [0, 0.05) is 50.9 Å². The van der Waals surface area contributed by atoms with Crippen molar-refractivity contribution in [1.82, 2.24) is 14.3 Å². The normalized spacial score (nSPS) is 17.0. The van der Waals surface area contributed by atoms with E-state index in [0.29, 0.717) is 11.5 Å².